The lowest BCUT2D eigenvalue weighted by atomic mass is 10.1. The molecule has 1 aliphatic heterocycles. The second-order valence-corrected chi connectivity index (χ2v) is 6.98. The van der Waals surface area contributed by atoms with Crippen LogP contribution in [0.3, 0.4) is 0 Å². The number of ether oxygens (including phenoxy) is 1. The Hall–Kier alpha value is -3.62. The van der Waals surface area contributed by atoms with E-state index in [4.69, 9.17) is 10.5 Å². The van der Waals surface area contributed by atoms with E-state index in [0.717, 1.165) is 16.7 Å². The first kappa shape index (κ1) is 18.2. The number of esters is 1. The van der Waals surface area contributed by atoms with Crippen molar-refractivity contribution in [3.8, 4) is 11.4 Å². The van der Waals surface area contributed by atoms with Gasteiger partial charge in [-0.2, -0.15) is 0 Å². The number of nitrogens with one attached hydrogen (secondary N) is 1. The van der Waals surface area contributed by atoms with E-state index in [9.17, 15) is 24.3 Å². The lowest BCUT2D eigenvalue weighted by Crippen LogP contribution is -2.25. The number of aromatic nitrogens is 1. The lowest BCUT2D eigenvalue weighted by molar-refractivity contribution is 0.00689. The fourth-order valence-electron chi connectivity index (χ4n) is 2.70. The van der Waals surface area contributed by atoms with E-state index in [1.54, 1.807) is 20.8 Å². The van der Waals surface area contributed by atoms with Gasteiger partial charge in [0.05, 0.1) is 22.4 Å². The summed E-state index contributed by atoms with van der Waals surface area (Å²) in [4.78, 5) is 48.1. The first-order chi connectivity index (χ1) is 12.5. The Morgan fingerprint density at radius 1 is 1.15 bits per heavy atom. The molecule has 4 N–H and O–H groups in total. The molecule has 0 bridgehead atoms. The lowest BCUT2D eigenvalue weighted by Gasteiger charge is -2.20. The third kappa shape index (κ3) is 3.14. The van der Waals surface area contributed by atoms with Gasteiger partial charge in [0.25, 0.3) is 17.4 Å². The van der Waals surface area contributed by atoms with Crippen molar-refractivity contribution in [3.05, 3.63) is 51.3 Å². The van der Waals surface area contributed by atoms with Gasteiger partial charge < -0.3 is 15.6 Å². The molecule has 3 rings (SSSR count). The largest absolute Gasteiger partial charge is 0.506 e. The summed E-state index contributed by atoms with van der Waals surface area (Å²) in [5.74, 6) is -2.80. The molecule has 0 fully saturated rings. The number of carbonyl (C=O) groups excluding carboxylic acids is 3. The van der Waals surface area contributed by atoms with Crippen molar-refractivity contribution in [2.24, 2.45) is 0 Å². The molecular weight excluding hydrogens is 354 g/mol. The van der Waals surface area contributed by atoms with Crippen LogP contribution in [0.25, 0.3) is 5.69 Å². The highest BCUT2D eigenvalue weighted by Gasteiger charge is 2.32. The van der Waals surface area contributed by atoms with E-state index in [2.05, 4.69) is 5.32 Å². The first-order valence-corrected chi connectivity index (χ1v) is 7.97. The summed E-state index contributed by atoms with van der Waals surface area (Å²) in [6.07, 6.45) is 0. The zero-order valence-corrected chi connectivity index (χ0v) is 14.8. The molecule has 9 nitrogen and oxygen atoms in total. The molecule has 1 aromatic heterocycles. The maximum absolute atomic E-state index is 12.4. The van der Waals surface area contributed by atoms with E-state index in [1.165, 1.54) is 12.1 Å². The summed E-state index contributed by atoms with van der Waals surface area (Å²) in [6.45, 7) is 5.11. The molecule has 1 aromatic carbocycles. The average molecular weight is 371 g/mol. The number of carbonyl (C=O) groups is 3. The van der Waals surface area contributed by atoms with Crippen LogP contribution in [0.15, 0.2) is 29.1 Å². The number of phenols is 1. The van der Waals surface area contributed by atoms with Gasteiger partial charge in [0.1, 0.15) is 17.2 Å². The van der Waals surface area contributed by atoms with Gasteiger partial charge in [0, 0.05) is 6.07 Å². The minimum atomic E-state index is -0.730. The van der Waals surface area contributed by atoms with Crippen LogP contribution in [0.5, 0.6) is 5.75 Å². The topological polar surface area (TPSA) is 141 Å². The van der Waals surface area contributed by atoms with E-state index >= 15 is 0 Å². The summed E-state index contributed by atoms with van der Waals surface area (Å²) >= 11 is 0. The summed E-state index contributed by atoms with van der Waals surface area (Å²) < 4.78 is 6.12. The van der Waals surface area contributed by atoms with E-state index in [0.29, 0.717) is 0 Å². The van der Waals surface area contributed by atoms with Crippen molar-refractivity contribution in [2.45, 2.75) is 26.4 Å². The highest BCUT2D eigenvalue weighted by atomic mass is 16.6. The quantitative estimate of drug-likeness (QED) is 0.527. The molecule has 9 heteroatoms. The fourth-order valence-corrected chi connectivity index (χ4v) is 2.70. The zero-order chi connectivity index (χ0) is 20.1. The van der Waals surface area contributed by atoms with Crippen LogP contribution in [-0.4, -0.2) is 33.1 Å². The van der Waals surface area contributed by atoms with Crippen molar-refractivity contribution >= 4 is 23.6 Å². The minimum Gasteiger partial charge on any atom is -0.506 e. The number of imide groups is 1. The van der Waals surface area contributed by atoms with Gasteiger partial charge in [-0.05, 0) is 39.0 Å². The summed E-state index contributed by atoms with van der Waals surface area (Å²) in [5.41, 5.74) is 4.26. The van der Waals surface area contributed by atoms with Crippen LogP contribution < -0.4 is 16.6 Å². The molecule has 27 heavy (non-hydrogen) atoms. The monoisotopic (exact) mass is 371 g/mol. The number of nitrogens with two attached hydrogens (primary N) is 1. The normalized spacial score (nSPS) is 13.3. The van der Waals surface area contributed by atoms with E-state index in [-0.39, 0.29) is 28.2 Å². The van der Waals surface area contributed by atoms with E-state index in [1.807, 2.05) is 0 Å². The minimum absolute atomic E-state index is 0.0419. The average Bonchev–Trinajstić information content (AvgIpc) is 2.81. The number of phenolic OH excluding ortho intramolecular Hbond substituents is 1. The van der Waals surface area contributed by atoms with Gasteiger partial charge in [-0.15, -0.1) is 0 Å². The molecule has 0 aliphatic carbocycles. The van der Waals surface area contributed by atoms with Gasteiger partial charge in [0.15, 0.2) is 0 Å². The first-order valence-electron chi connectivity index (χ1n) is 7.97. The molecule has 1 aliphatic rings. The predicted octanol–water partition coefficient (Wildman–Crippen LogP) is 0.964. The number of hydrogen-bond acceptors (Lipinski definition) is 7. The van der Waals surface area contributed by atoms with Crippen LogP contribution in [0, 0.1) is 0 Å². The second kappa shape index (κ2) is 5.97. The summed E-state index contributed by atoms with van der Waals surface area (Å²) in [6, 6.07) is 4.75. The highest BCUT2D eigenvalue weighted by molar-refractivity contribution is 6.23. The Bertz CT molecular complexity index is 1060. The number of benzene rings is 1. The molecule has 0 unspecified atom stereocenters. The van der Waals surface area contributed by atoms with Gasteiger partial charge in [-0.3, -0.25) is 24.3 Å². The molecule has 0 saturated carbocycles. The number of rotatable bonds is 2. The number of amides is 2. The smallest absolute Gasteiger partial charge is 0.338 e. The SMILES string of the molecule is CC(C)(C)OC(=O)c1ccc(-n2c(N)c3c(cc2=O)C(=O)NC3=O)c(O)c1. The third-order valence-corrected chi connectivity index (χ3v) is 3.80. The second-order valence-electron chi connectivity index (χ2n) is 6.98. The van der Waals surface area contributed by atoms with Crippen LogP contribution in [0.1, 0.15) is 51.8 Å². The van der Waals surface area contributed by atoms with Crippen LogP contribution in [0.2, 0.25) is 0 Å². The van der Waals surface area contributed by atoms with Crippen molar-refractivity contribution in [3.63, 3.8) is 0 Å². The Morgan fingerprint density at radius 2 is 1.81 bits per heavy atom. The highest BCUT2D eigenvalue weighted by Crippen LogP contribution is 2.28. The van der Waals surface area contributed by atoms with Crippen molar-refractivity contribution in [1.29, 1.82) is 0 Å². The maximum atomic E-state index is 12.4. The van der Waals surface area contributed by atoms with Crippen molar-refractivity contribution < 1.29 is 24.2 Å². The number of hydrogen-bond donors (Lipinski definition) is 3. The Balaban J connectivity index is 2.10. The number of anilines is 1. The molecule has 0 spiro atoms. The summed E-state index contributed by atoms with van der Waals surface area (Å²) in [7, 11) is 0. The van der Waals surface area contributed by atoms with Crippen molar-refractivity contribution in [1.82, 2.24) is 9.88 Å². The molecule has 2 amide bonds. The zero-order valence-electron chi connectivity index (χ0n) is 14.8. The number of fused-ring (bicyclic) bond motifs is 1. The standard InChI is InChI=1S/C18H17N3O6/c1-18(2,3)27-17(26)8-4-5-10(11(22)6-8)21-12(23)7-9-13(14(21)19)16(25)20-15(9)24/h4-7,22H,19H2,1-3H3,(H,20,24,25). The molecular formula is C18H17N3O6. The fraction of sp³-hybridized carbons (Fsp3) is 0.222. The van der Waals surface area contributed by atoms with Crippen molar-refractivity contribution in [2.75, 3.05) is 5.73 Å². The number of nitrogen functional groups attached to an aromatic ring is 1. The predicted molar refractivity (Wildman–Crippen MR) is 95.1 cm³/mol. The molecule has 140 valence electrons. The molecule has 0 radical (unpaired) electrons. The molecule has 0 atom stereocenters. The number of aromatic hydroxyl groups is 1. The molecule has 2 heterocycles. The van der Waals surface area contributed by atoms with E-state index < -0.39 is 34.7 Å². The number of pyridine rings is 1. The summed E-state index contributed by atoms with van der Waals surface area (Å²) in [5, 5.41) is 12.4. The van der Waals surface area contributed by atoms with Gasteiger partial charge in [0.2, 0.25) is 0 Å². The Kier molecular flexibility index (Phi) is 4.02. The van der Waals surface area contributed by atoms with Gasteiger partial charge in [-0.25, -0.2) is 4.79 Å². The maximum Gasteiger partial charge on any atom is 0.338 e. The van der Waals surface area contributed by atoms with Crippen LogP contribution in [-0.2, 0) is 4.74 Å². The third-order valence-electron chi connectivity index (χ3n) is 3.80. The van der Waals surface area contributed by atoms with Gasteiger partial charge >= 0.3 is 5.97 Å². The van der Waals surface area contributed by atoms with Crippen LogP contribution in [0.4, 0.5) is 5.82 Å². The molecule has 0 saturated heterocycles. The Labute approximate surface area is 153 Å². The van der Waals surface area contributed by atoms with Crippen LogP contribution >= 0.6 is 0 Å². The van der Waals surface area contributed by atoms with Gasteiger partial charge in [-0.1, -0.05) is 0 Å². The Morgan fingerprint density at radius 3 is 2.41 bits per heavy atom. The molecule has 2 aromatic rings. The number of nitrogens with zero attached hydrogens (tertiary/aromatic N) is 1.